The Morgan fingerprint density at radius 3 is 2.90 bits per heavy atom. The van der Waals surface area contributed by atoms with Gasteiger partial charge in [-0.15, -0.1) is 0 Å². The van der Waals surface area contributed by atoms with E-state index in [-0.39, 0.29) is 17.5 Å². The number of aromatic nitrogens is 2. The molecule has 0 aromatic carbocycles. The predicted octanol–water partition coefficient (Wildman–Crippen LogP) is 0.220. The molecule has 1 atom stereocenters. The summed E-state index contributed by atoms with van der Waals surface area (Å²) in [6.07, 6.45) is 2.75. The summed E-state index contributed by atoms with van der Waals surface area (Å²) < 4.78 is 0. The fraction of sp³-hybridized carbons (Fsp3) is 0.615. The maximum Gasteiger partial charge on any atom is 0.277 e. The van der Waals surface area contributed by atoms with E-state index in [9.17, 15) is 9.59 Å². The van der Waals surface area contributed by atoms with Crippen LogP contribution in [0.5, 0.6) is 0 Å². The molecule has 1 aliphatic heterocycles. The van der Waals surface area contributed by atoms with Crippen LogP contribution in [0.1, 0.15) is 48.3 Å². The van der Waals surface area contributed by atoms with Gasteiger partial charge in [-0.25, -0.2) is 0 Å². The molecule has 7 heteroatoms. The molecule has 4 N–H and O–H groups in total. The highest BCUT2D eigenvalue weighted by molar-refractivity contribution is 6.00. The summed E-state index contributed by atoms with van der Waals surface area (Å²) >= 11 is 0. The zero-order valence-electron chi connectivity index (χ0n) is 11.5. The topological polar surface area (TPSA) is 104 Å². The van der Waals surface area contributed by atoms with Gasteiger partial charge in [-0.05, 0) is 19.3 Å². The van der Waals surface area contributed by atoms with Gasteiger partial charge < -0.3 is 16.0 Å². The molecule has 1 aromatic heterocycles. The van der Waals surface area contributed by atoms with Gasteiger partial charge in [-0.3, -0.25) is 14.7 Å². The molecule has 0 radical (unpaired) electrons. The predicted molar refractivity (Wildman–Crippen MR) is 73.1 cm³/mol. The molecule has 1 aliphatic carbocycles. The average Bonchev–Trinajstić information content (AvgIpc) is 3.21. The van der Waals surface area contributed by atoms with Crippen LogP contribution in [0.4, 0.5) is 5.69 Å². The first-order chi connectivity index (χ1) is 9.63. The number of nitrogen functional groups attached to an aromatic ring is 1. The number of anilines is 1. The lowest BCUT2D eigenvalue weighted by atomic mass is 10.1. The molecule has 1 saturated heterocycles. The summed E-state index contributed by atoms with van der Waals surface area (Å²) in [7, 11) is 0. The van der Waals surface area contributed by atoms with E-state index in [0.717, 1.165) is 18.5 Å². The number of aromatic amines is 1. The van der Waals surface area contributed by atoms with Gasteiger partial charge in [-0.2, -0.15) is 5.10 Å². The normalized spacial score (nSPS) is 22.8. The molecule has 3 rings (SSSR count). The van der Waals surface area contributed by atoms with E-state index in [0.29, 0.717) is 31.1 Å². The monoisotopic (exact) mass is 277 g/mol. The third-order valence-electron chi connectivity index (χ3n) is 4.00. The molecule has 0 bridgehead atoms. The van der Waals surface area contributed by atoms with Crippen LogP contribution >= 0.6 is 0 Å². The molecule has 1 saturated carbocycles. The number of carbonyl (C=O) groups is 2. The SMILES string of the molecule is CCC1C(=O)NCCN1C(=O)c1n[nH]c(C2CC2)c1N. The molecule has 0 spiro atoms. The largest absolute Gasteiger partial charge is 0.395 e. The number of rotatable bonds is 3. The van der Waals surface area contributed by atoms with Crippen LogP contribution in [0.2, 0.25) is 0 Å². The molecule has 20 heavy (non-hydrogen) atoms. The summed E-state index contributed by atoms with van der Waals surface area (Å²) in [6.45, 7) is 2.86. The van der Waals surface area contributed by atoms with E-state index in [4.69, 9.17) is 5.73 Å². The summed E-state index contributed by atoms with van der Waals surface area (Å²) in [4.78, 5) is 26.0. The number of nitrogens with zero attached hydrogens (tertiary/aromatic N) is 2. The third kappa shape index (κ3) is 2.03. The molecule has 1 unspecified atom stereocenters. The van der Waals surface area contributed by atoms with E-state index in [1.807, 2.05) is 6.92 Å². The van der Waals surface area contributed by atoms with Crippen LogP contribution in [-0.4, -0.2) is 46.0 Å². The van der Waals surface area contributed by atoms with E-state index in [1.165, 1.54) is 0 Å². The fourth-order valence-electron chi connectivity index (χ4n) is 2.71. The van der Waals surface area contributed by atoms with Crippen molar-refractivity contribution in [2.75, 3.05) is 18.8 Å². The standard InChI is InChI=1S/C13H19N5O2/c1-2-8-12(19)15-5-6-18(8)13(20)11-9(14)10(16-17-11)7-3-4-7/h7-8H,2-6,14H2,1H3,(H,15,19)(H,16,17). The lowest BCUT2D eigenvalue weighted by Crippen LogP contribution is -2.57. The minimum atomic E-state index is -0.434. The number of nitrogens with two attached hydrogens (primary N) is 1. The number of nitrogens with one attached hydrogen (secondary N) is 2. The molecule has 108 valence electrons. The molecular formula is C13H19N5O2. The van der Waals surface area contributed by atoms with Gasteiger partial charge in [0, 0.05) is 19.0 Å². The van der Waals surface area contributed by atoms with Gasteiger partial charge in [-0.1, -0.05) is 6.92 Å². The second-order valence-electron chi connectivity index (χ2n) is 5.39. The Morgan fingerprint density at radius 1 is 1.50 bits per heavy atom. The summed E-state index contributed by atoms with van der Waals surface area (Å²) in [6, 6.07) is -0.434. The van der Waals surface area contributed by atoms with Crippen LogP contribution in [-0.2, 0) is 4.79 Å². The molecule has 7 nitrogen and oxygen atoms in total. The molecular weight excluding hydrogens is 258 g/mol. The highest BCUT2D eigenvalue weighted by Gasteiger charge is 2.36. The maximum absolute atomic E-state index is 12.6. The fourth-order valence-corrected chi connectivity index (χ4v) is 2.71. The Bertz CT molecular complexity index is 549. The minimum Gasteiger partial charge on any atom is -0.395 e. The molecule has 2 fully saturated rings. The van der Waals surface area contributed by atoms with Crippen LogP contribution in [0, 0.1) is 0 Å². The van der Waals surface area contributed by atoms with E-state index in [1.54, 1.807) is 4.90 Å². The Labute approximate surface area is 116 Å². The van der Waals surface area contributed by atoms with E-state index in [2.05, 4.69) is 15.5 Å². The Hall–Kier alpha value is -2.05. The van der Waals surface area contributed by atoms with Crippen LogP contribution in [0.3, 0.4) is 0 Å². The van der Waals surface area contributed by atoms with E-state index < -0.39 is 6.04 Å². The summed E-state index contributed by atoms with van der Waals surface area (Å²) in [5.41, 5.74) is 7.59. The van der Waals surface area contributed by atoms with Crippen molar-refractivity contribution >= 4 is 17.5 Å². The zero-order chi connectivity index (χ0) is 14.3. The Morgan fingerprint density at radius 2 is 2.25 bits per heavy atom. The van der Waals surface area contributed by atoms with Crippen LogP contribution < -0.4 is 11.1 Å². The summed E-state index contributed by atoms with van der Waals surface area (Å²) in [5, 5.41) is 9.73. The van der Waals surface area contributed by atoms with Gasteiger partial charge in [0.2, 0.25) is 5.91 Å². The van der Waals surface area contributed by atoms with Crippen molar-refractivity contribution < 1.29 is 9.59 Å². The van der Waals surface area contributed by atoms with Crippen molar-refractivity contribution in [3.8, 4) is 0 Å². The average molecular weight is 277 g/mol. The van der Waals surface area contributed by atoms with Gasteiger partial charge in [0.25, 0.3) is 5.91 Å². The van der Waals surface area contributed by atoms with Crippen molar-refractivity contribution in [1.29, 1.82) is 0 Å². The quantitative estimate of drug-likeness (QED) is 0.735. The van der Waals surface area contributed by atoms with Crippen molar-refractivity contribution in [1.82, 2.24) is 20.4 Å². The third-order valence-corrected chi connectivity index (χ3v) is 4.00. The smallest absolute Gasteiger partial charge is 0.277 e. The molecule has 2 heterocycles. The molecule has 1 aromatic rings. The number of H-pyrrole nitrogens is 1. The number of carbonyl (C=O) groups excluding carboxylic acids is 2. The second kappa shape index (κ2) is 4.81. The highest BCUT2D eigenvalue weighted by atomic mass is 16.2. The Kier molecular flexibility index (Phi) is 3.11. The van der Waals surface area contributed by atoms with Crippen molar-refractivity contribution in [2.24, 2.45) is 0 Å². The first kappa shape index (κ1) is 13.0. The molecule has 2 aliphatic rings. The second-order valence-corrected chi connectivity index (χ2v) is 5.39. The van der Waals surface area contributed by atoms with E-state index >= 15 is 0 Å². The van der Waals surface area contributed by atoms with Crippen LogP contribution in [0.15, 0.2) is 0 Å². The Balaban J connectivity index is 1.85. The van der Waals surface area contributed by atoms with Crippen LogP contribution in [0.25, 0.3) is 0 Å². The number of amides is 2. The minimum absolute atomic E-state index is 0.108. The van der Waals surface area contributed by atoms with Gasteiger partial charge >= 0.3 is 0 Å². The lowest BCUT2D eigenvalue weighted by molar-refractivity contribution is -0.127. The van der Waals surface area contributed by atoms with Crippen molar-refractivity contribution in [3.63, 3.8) is 0 Å². The highest BCUT2D eigenvalue weighted by Crippen LogP contribution is 2.42. The van der Waals surface area contributed by atoms with Crippen molar-refractivity contribution in [2.45, 2.75) is 38.1 Å². The van der Waals surface area contributed by atoms with Gasteiger partial charge in [0.1, 0.15) is 6.04 Å². The van der Waals surface area contributed by atoms with Gasteiger partial charge in [0.15, 0.2) is 5.69 Å². The number of hydrogen-bond acceptors (Lipinski definition) is 4. The van der Waals surface area contributed by atoms with Crippen molar-refractivity contribution in [3.05, 3.63) is 11.4 Å². The number of piperazine rings is 1. The maximum atomic E-state index is 12.6. The summed E-state index contributed by atoms with van der Waals surface area (Å²) in [5.74, 6) is 0.0478. The number of hydrogen-bond donors (Lipinski definition) is 3. The zero-order valence-corrected chi connectivity index (χ0v) is 11.5. The lowest BCUT2D eigenvalue weighted by Gasteiger charge is -2.34. The first-order valence-electron chi connectivity index (χ1n) is 7.05. The first-order valence-corrected chi connectivity index (χ1v) is 7.05. The molecule has 2 amide bonds. The van der Waals surface area contributed by atoms with Gasteiger partial charge in [0.05, 0.1) is 11.4 Å².